The Morgan fingerprint density at radius 3 is 2.20 bits per heavy atom. The van der Waals surface area contributed by atoms with Crippen LogP contribution < -0.4 is 0 Å². The van der Waals surface area contributed by atoms with Gasteiger partial charge in [0.1, 0.15) is 0 Å². The second-order valence-electron chi connectivity index (χ2n) is 1.99. The summed E-state index contributed by atoms with van der Waals surface area (Å²) >= 11 is 0. The van der Waals surface area contributed by atoms with Gasteiger partial charge >= 0.3 is 0 Å². The number of aliphatic hydroxyl groups excluding tert-OH is 3. The highest BCUT2D eigenvalue weighted by Crippen LogP contribution is 1.99. The Kier molecular flexibility index (Phi) is 5.52. The van der Waals surface area contributed by atoms with Crippen molar-refractivity contribution in [3.63, 3.8) is 0 Å². The summed E-state index contributed by atoms with van der Waals surface area (Å²) in [4.78, 5) is 0. The summed E-state index contributed by atoms with van der Waals surface area (Å²) in [6.45, 7) is 1.26. The van der Waals surface area contributed by atoms with Gasteiger partial charge in [0.2, 0.25) is 0 Å². The first-order valence-electron chi connectivity index (χ1n) is 3.29. The summed E-state index contributed by atoms with van der Waals surface area (Å²) in [5.41, 5.74) is 0. The van der Waals surface area contributed by atoms with Crippen molar-refractivity contribution in [1.82, 2.24) is 0 Å². The van der Waals surface area contributed by atoms with Crippen molar-refractivity contribution in [3.8, 4) is 0 Å². The summed E-state index contributed by atoms with van der Waals surface area (Å²) in [5, 5.41) is 25.6. The van der Waals surface area contributed by atoms with E-state index in [9.17, 15) is 0 Å². The van der Waals surface area contributed by atoms with Gasteiger partial charge in [0.15, 0.2) is 6.29 Å². The highest BCUT2D eigenvalue weighted by atomic mass is 16.6. The van der Waals surface area contributed by atoms with E-state index < -0.39 is 12.9 Å². The SMILES string of the molecule is CCC(CO)OC(O)CO. The van der Waals surface area contributed by atoms with Gasteiger partial charge in [-0.05, 0) is 6.42 Å². The normalized spacial score (nSPS) is 16.8. The zero-order valence-corrected chi connectivity index (χ0v) is 6.03. The highest BCUT2D eigenvalue weighted by Gasteiger charge is 2.09. The number of aliphatic hydroxyl groups is 3. The Morgan fingerprint density at radius 1 is 1.30 bits per heavy atom. The predicted molar refractivity (Wildman–Crippen MR) is 35.3 cm³/mol. The van der Waals surface area contributed by atoms with Gasteiger partial charge in [0.25, 0.3) is 0 Å². The second-order valence-corrected chi connectivity index (χ2v) is 1.99. The molecule has 0 aliphatic rings. The van der Waals surface area contributed by atoms with Gasteiger partial charge in [-0.3, -0.25) is 0 Å². The minimum absolute atomic E-state index is 0.131. The largest absolute Gasteiger partial charge is 0.394 e. The van der Waals surface area contributed by atoms with Crippen LogP contribution in [0.15, 0.2) is 0 Å². The fourth-order valence-corrected chi connectivity index (χ4v) is 0.534. The molecule has 0 fully saturated rings. The average Bonchev–Trinajstić information content (AvgIpc) is 1.99. The van der Waals surface area contributed by atoms with Crippen LogP contribution in [0.4, 0.5) is 0 Å². The Bertz CT molecular complexity index is 72.1. The lowest BCUT2D eigenvalue weighted by molar-refractivity contribution is -0.165. The summed E-state index contributed by atoms with van der Waals surface area (Å²) in [6.07, 6.45) is -0.924. The van der Waals surface area contributed by atoms with Gasteiger partial charge in [0, 0.05) is 0 Å². The van der Waals surface area contributed by atoms with Crippen molar-refractivity contribution in [1.29, 1.82) is 0 Å². The lowest BCUT2D eigenvalue weighted by Crippen LogP contribution is -2.26. The van der Waals surface area contributed by atoms with Gasteiger partial charge in [-0.1, -0.05) is 6.92 Å². The smallest absolute Gasteiger partial charge is 0.178 e. The Morgan fingerprint density at radius 2 is 1.90 bits per heavy atom. The molecule has 2 atom stereocenters. The zero-order valence-electron chi connectivity index (χ0n) is 6.03. The van der Waals surface area contributed by atoms with Crippen LogP contribution in [0.2, 0.25) is 0 Å². The molecule has 2 unspecified atom stereocenters. The molecular weight excluding hydrogens is 136 g/mol. The molecular formula is C6H14O4. The van der Waals surface area contributed by atoms with E-state index in [4.69, 9.17) is 20.1 Å². The van der Waals surface area contributed by atoms with Crippen LogP contribution in [0.3, 0.4) is 0 Å². The lowest BCUT2D eigenvalue weighted by Gasteiger charge is -2.16. The third kappa shape index (κ3) is 3.79. The molecule has 4 heteroatoms. The Labute approximate surface area is 60.1 Å². The molecule has 3 N–H and O–H groups in total. The quantitative estimate of drug-likeness (QED) is 0.443. The van der Waals surface area contributed by atoms with Crippen molar-refractivity contribution < 1.29 is 20.1 Å². The minimum atomic E-state index is -1.17. The topological polar surface area (TPSA) is 69.9 Å². The molecule has 62 valence electrons. The zero-order chi connectivity index (χ0) is 7.98. The van der Waals surface area contributed by atoms with Gasteiger partial charge in [0.05, 0.1) is 19.3 Å². The number of hydrogen-bond acceptors (Lipinski definition) is 4. The van der Waals surface area contributed by atoms with Gasteiger partial charge in [-0.2, -0.15) is 0 Å². The van der Waals surface area contributed by atoms with Crippen LogP contribution in [0.1, 0.15) is 13.3 Å². The fourth-order valence-electron chi connectivity index (χ4n) is 0.534. The van der Waals surface area contributed by atoms with E-state index in [0.717, 1.165) is 0 Å². The molecule has 0 aromatic heterocycles. The molecule has 0 amide bonds. The van der Waals surface area contributed by atoms with Crippen LogP contribution >= 0.6 is 0 Å². The molecule has 0 saturated carbocycles. The maximum absolute atomic E-state index is 8.71. The molecule has 0 saturated heterocycles. The lowest BCUT2D eigenvalue weighted by atomic mass is 10.3. The van der Waals surface area contributed by atoms with Gasteiger partial charge in [-0.15, -0.1) is 0 Å². The van der Waals surface area contributed by atoms with E-state index in [2.05, 4.69) is 0 Å². The van der Waals surface area contributed by atoms with Crippen molar-refractivity contribution in [2.24, 2.45) is 0 Å². The number of rotatable bonds is 5. The van der Waals surface area contributed by atoms with Crippen LogP contribution in [-0.2, 0) is 4.74 Å². The summed E-state index contributed by atoms with van der Waals surface area (Å²) in [6, 6.07) is 0. The Hall–Kier alpha value is -0.160. The van der Waals surface area contributed by atoms with Crippen molar-refractivity contribution in [2.75, 3.05) is 13.2 Å². The number of hydrogen-bond donors (Lipinski definition) is 3. The monoisotopic (exact) mass is 150 g/mol. The molecule has 10 heavy (non-hydrogen) atoms. The van der Waals surface area contributed by atoms with Crippen molar-refractivity contribution in [3.05, 3.63) is 0 Å². The number of ether oxygens (including phenoxy) is 1. The van der Waals surface area contributed by atoms with E-state index >= 15 is 0 Å². The Balaban J connectivity index is 3.41. The van der Waals surface area contributed by atoms with Crippen LogP contribution in [0, 0.1) is 0 Å². The van der Waals surface area contributed by atoms with Crippen molar-refractivity contribution in [2.45, 2.75) is 25.7 Å². The predicted octanol–water partition coefficient (Wildman–Crippen LogP) is -0.915. The first-order valence-corrected chi connectivity index (χ1v) is 3.29. The van der Waals surface area contributed by atoms with Gasteiger partial charge < -0.3 is 20.1 Å². The third-order valence-electron chi connectivity index (χ3n) is 1.16. The molecule has 4 nitrogen and oxygen atoms in total. The summed E-state index contributed by atoms with van der Waals surface area (Å²) in [5.74, 6) is 0. The van der Waals surface area contributed by atoms with E-state index in [1.54, 1.807) is 0 Å². The molecule has 0 aliphatic carbocycles. The van der Waals surface area contributed by atoms with Crippen molar-refractivity contribution >= 4 is 0 Å². The first-order chi connectivity index (χ1) is 4.74. The molecule has 0 bridgehead atoms. The molecule has 0 heterocycles. The third-order valence-corrected chi connectivity index (χ3v) is 1.16. The molecule has 0 aromatic carbocycles. The average molecular weight is 150 g/mol. The van der Waals surface area contributed by atoms with E-state index in [-0.39, 0.29) is 12.7 Å². The first kappa shape index (κ1) is 9.84. The van der Waals surface area contributed by atoms with Crippen LogP contribution in [0.25, 0.3) is 0 Å². The van der Waals surface area contributed by atoms with E-state index in [0.29, 0.717) is 6.42 Å². The van der Waals surface area contributed by atoms with Crippen LogP contribution in [-0.4, -0.2) is 40.9 Å². The minimum Gasteiger partial charge on any atom is -0.394 e. The maximum atomic E-state index is 8.71. The van der Waals surface area contributed by atoms with E-state index in [1.165, 1.54) is 0 Å². The van der Waals surface area contributed by atoms with E-state index in [1.807, 2.05) is 6.92 Å². The molecule has 0 spiro atoms. The molecule has 0 aromatic rings. The van der Waals surface area contributed by atoms with Crippen LogP contribution in [0.5, 0.6) is 0 Å². The standard InChI is InChI=1S/C6H14O4/c1-2-5(3-7)10-6(9)4-8/h5-9H,2-4H2,1H3. The molecule has 0 aliphatic heterocycles. The maximum Gasteiger partial charge on any atom is 0.178 e. The molecule has 0 radical (unpaired) electrons. The molecule has 0 rings (SSSR count). The second kappa shape index (κ2) is 5.61. The summed E-state index contributed by atoms with van der Waals surface area (Å²) in [7, 11) is 0. The fraction of sp³-hybridized carbons (Fsp3) is 1.00. The summed E-state index contributed by atoms with van der Waals surface area (Å²) < 4.78 is 4.75. The highest BCUT2D eigenvalue weighted by molar-refractivity contribution is 4.52. The van der Waals surface area contributed by atoms with Gasteiger partial charge in [-0.25, -0.2) is 0 Å².